The Labute approximate surface area is 259 Å². The number of rotatable bonds is 6. The number of nitrogens with zero attached hydrogens (tertiary/aromatic N) is 5. The van der Waals surface area contributed by atoms with Crippen LogP contribution >= 0.6 is 0 Å². The van der Waals surface area contributed by atoms with Gasteiger partial charge in [-0.1, -0.05) is 30.8 Å². The number of anilines is 2. The molecule has 2 aromatic carbocycles. The number of H-pyrrole nitrogens is 1. The average Bonchev–Trinajstić information content (AvgIpc) is 3.52. The maximum Gasteiger partial charge on any atom is 0.247 e. The van der Waals surface area contributed by atoms with Crippen molar-refractivity contribution in [2.24, 2.45) is 7.05 Å². The van der Waals surface area contributed by atoms with Crippen molar-refractivity contribution in [3.05, 3.63) is 83.8 Å². The van der Waals surface area contributed by atoms with Crippen molar-refractivity contribution in [1.82, 2.24) is 24.6 Å². The van der Waals surface area contributed by atoms with Crippen molar-refractivity contribution >= 4 is 28.3 Å². The lowest BCUT2D eigenvalue weighted by atomic mass is 9.92. The van der Waals surface area contributed by atoms with Gasteiger partial charge in [-0.15, -0.1) is 0 Å². The van der Waals surface area contributed by atoms with E-state index in [2.05, 4.69) is 102 Å². The van der Waals surface area contributed by atoms with Crippen molar-refractivity contribution in [2.45, 2.75) is 40.7 Å². The number of carbonyl (C=O) groups is 1. The van der Waals surface area contributed by atoms with Gasteiger partial charge in [0, 0.05) is 78.1 Å². The van der Waals surface area contributed by atoms with Crippen LogP contribution in [0, 0.1) is 27.7 Å². The molecule has 8 nitrogen and oxygen atoms in total. The molecule has 4 heterocycles. The molecule has 1 atom stereocenters. The lowest BCUT2D eigenvalue weighted by Gasteiger charge is -2.39. The van der Waals surface area contributed by atoms with Crippen molar-refractivity contribution in [3.8, 4) is 33.5 Å². The minimum Gasteiger partial charge on any atom is -0.369 e. The number of carbonyl (C=O) groups excluding carboxylic acids is 1. The number of pyridine rings is 1. The van der Waals surface area contributed by atoms with E-state index in [1.54, 1.807) is 0 Å². The van der Waals surface area contributed by atoms with E-state index in [0.717, 1.165) is 92.4 Å². The van der Waals surface area contributed by atoms with Gasteiger partial charge in [0.05, 0.1) is 11.4 Å². The van der Waals surface area contributed by atoms with Crippen LogP contribution in [0.3, 0.4) is 0 Å². The summed E-state index contributed by atoms with van der Waals surface area (Å²) in [5, 5.41) is 8.72. The molecule has 0 aliphatic carbocycles. The summed E-state index contributed by atoms with van der Waals surface area (Å²) in [4.78, 5) is 25.8. The van der Waals surface area contributed by atoms with E-state index in [1.807, 2.05) is 31.8 Å². The Balaban J connectivity index is 1.54. The SMILES string of the molecule is C=CC(=O)Nc1cc(-c2c(-c3ccc(N4CCN(C)[C@H](C)C4)cc3)[nH]c3ncc(-c4c(C)nn(C)c4C)c(C)c23)ccc1C. The van der Waals surface area contributed by atoms with Gasteiger partial charge >= 0.3 is 0 Å². The third-order valence-corrected chi connectivity index (χ3v) is 9.31. The second kappa shape index (κ2) is 11.4. The van der Waals surface area contributed by atoms with Gasteiger partial charge < -0.3 is 20.1 Å². The quantitative estimate of drug-likeness (QED) is 0.214. The highest BCUT2D eigenvalue weighted by molar-refractivity contribution is 6.07. The Morgan fingerprint density at radius 1 is 1.02 bits per heavy atom. The van der Waals surface area contributed by atoms with E-state index in [0.29, 0.717) is 6.04 Å². The Kier molecular flexibility index (Phi) is 7.63. The highest BCUT2D eigenvalue weighted by Crippen LogP contribution is 2.43. The summed E-state index contributed by atoms with van der Waals surface area (Å²) in [6.45, 7) is 17.3. The molecule has 3 aromatic heterocycles. The van der Waals surface area contributed by atoms with Crippen LogP contribution in [0.1, 0.15) is 29.4 Å². The van der Waals surface area contributed by atoms with E-state index >= 15 is 0 Å². The van der Waals surface area contributed by atoms with E-state index in [9.17, 15) is 4.79 Å². The van der Waals surface area contributed by atoms with Gasteiger partial charge in [-0.2, -0.15) is 5.10 Å². The van der Waals surface area contributed by atoms with Crippen LogP contribution in [-0.4, -0.2) is 63.3 Å². The fraction of sp³-hybridized carbons (Fsp3) is 0.306. The van der Waals surface area contributed by atoms with Gasteiger partial charge in [0.2, 0.25) is 5.91 Å². The molecule has 44 heavy (non-hydrogen) atoms. The molecular weight excluding hydrogens is 546 g/mol. The number of aromatic amines is 1. The molecule has 1 aliphatic rings. The lowest BCUT2D eigenvalue weighted by molar-refractivity contribution is -0.111. The summed E-state index contributed by atoms with van der Waals surface area (Å²) >= 11 is 0. The highest BCUT2D eigenvalue weighted by atomic mass is 16.1. The number of nitrogens with one attached hydrogen (secondary N) is 2. The minimum atomic E-state index is -0.235. The molecule has 1 fully saturated rings. The zero-order valence-electron chi connectivity index (χ0n) is 26.7. The van der Waals surface area contributed by atoms with Gasteiger partial charge in [0.15, 0.2) is 0 Å². The Bertz CT molecular complexity index is 1900. The van der Waals surface area contributed by atoms with Gasteiger partial charge in [0.25, 0.3) is 0 Å². The number of fused-ring (bicyclic) bond motifs is 1. The summed E-state index contributed by atoms with van der Waals surface area (Å²) < 4.78 is 1.93. The number of benzene rings is 2. The van der Waals surface area contributed by atoms with Crippen LogP contribution in [0.25, 0.3) is 44.5 Å². The maximum atomic E-state index is 12.3. The number of amides is 1. The number of piperazine rings is 1. The zero-order chi connectivity index (χ0) is 31.3. The first kappa shape index (κ1) is 29.4. The molecule has 5 aromatic rings. The number of hydrogen-bond donors (Lipinski definition) is 2. The van der Waals surface area contributed by atoms with Crippen LogP contribution in [-0.2, 0) is 11.8 Å². The van der Waals surface area contributed by atoms with Crippen molar-refractivity contribution in [2.75, 3.05) is 36.9 Å². The molecule has 0 saturated carbocycles. The number of aryl methyl sites for hydroxylation is 4. The van der Waals surface area contributed by atoms with Gasteiger partial charge in [-0.3, -0.25) is 9.48 Å². The van der Waals surface area contributed by atoms with Gasteiger partial charge in [0.1, 0.15) is 5.65 Å². The minimum absolute atomic E-state index is 0.235. The largest absolute Gasteiger partial charge is 0.369 e. The molecule has 1 saturated heterocycles. The van der Waals surface area contributed by atoms with E-state index < -0.39 is 0 Å². The number of likely N-dealkylation sites (N-methyl/N-ethyl adjacent to an activating group) is 1. The summed E-state index contributed by atoms with van der Waals surface area (Å²) in [5.41, 5.74) is 13.3. The first-order valence-corrected chi connectivity index (χ1v) is 15.2. The molecule has 226 valence electrons. The summed E-state index contributed by atoms with van der Waals surface area (Å²) in [6.07, 6.45) is 3.26. The number of aromatic nitrogens is 4. The highest BCUT2D eigenvalue weighted by Gasteiger charge is 2.24. The van der Waals surface area contributed by atoms with E-state index in [4.69, 9.17) is 4.98 Å². The maximum absolute atomic E-state index is 12.3. The summed E-state index contributed by atoms with van der Waals surface area (Å²) in [6, 6.07) is 15.6. The van der Waals surface area contributed by atoms with Crippen molar-refractivity contribution in [3.63, 3.8) is 0 Å². The van der Waals surface area contributed by atoms with E-state index in [1.165, 1.54) is 11.8 Å². The average molecular weight is 588 g/mol. The van der Waals surface area contributed by atoms with Gasteiger partial charge in [-0.05, 0) is 88.2 Å². The van der Waals surface area contributed by atoms with Crippen molar-refractivity contribution in [1.29, 1.82) is 0 Å². The molecule has 6 rings (SSSR count). The Morgan fingerprint density at radius 2 is 1.75 bits per heavy atom. The standard InChI is InChI=1S/C36H41N7O/c1-9-31(44)38-30-18-27(11-10-21(30)2)34-32-23(4)29(33-24(5)40-42(8)25(33)6)19-37-36(32)39-35(34)26-12-14-28(15-13-26)43-17-16-41(7)22(3)20-43/h9-15,18-19,22H,1,16-17,20H2,2-8H3,(H,37,39)(H,38,44)/t22-/m1/s1. The molecular formula is C36H41N7O. The molecule has 1 amide bonds. The van der Waals surface area contributed by atoms with Gasteiger partial charge in [-0.25, -0.2) is 4.98 Å². The van der Waals surface area contributed by atoms with Crippen LogP contribution in [0.4, 0.5) is 11.4 Å². The monoisotopic (exact) mass is 587 g/mol. The normalized spacial score (nSPS) is 15.6. The third kappa shape index (κ3) is 5.09. The molecule has 0 unspecified atom stereocenters. The first-order chi connectivity index (χ1) is 21.1. The summed E-state index contributed by atoms with van der Waals surface area (Å²) in [5.74, 6) is -0.235. The second-order valence-corrected chi connectivity index (χ2v) is 12.1. The van der Waals surface area contributed by atoms with Crippen LogP contribution in [0.5, 0.6) is 0 Å². The van der Waals surface area contributed by atoms with E-state index in [-0.39, 0.29) is 5.91 Å². The first-order valence-electron chi connectivity index (χ1n) is 15.2. The fourth-order valence-electron chi connectivity index (χ4n) is 6.45. The topological polar surface area (TPSA) is 82.1 Å². The second-order valence-electron chi connectivity index (χ2n) is 12.1. The molecule has 1 aliphatic heterocycles. The predicted octanol–water partition coefficient (Wildman–Crippen LogP) is 6.80. The summed E-state index contributed by atoms with van der Waals surface area (Å²) in [7, 11) is 4.17. The Morgan fingerprint density at radius 3 is 2.41 bits per heavy atom. The Hall–Kier alpha value is -4.69. The van der Waals surface area contributed by atoms with Crippen molar-refractivity contribution < 1.29 is 4.79 Å². The smallest absolute Gasteiger partial charge is 0.247 e. The van der Waals surface area contributed by atoms with Crippen LogP contribution in [0.2, 0.25) is 0 Å². The van der Waals surface area contributed by atoms with Crippen LogP contribution < -0.4 is 10.2 Å². The third-order valence-electron chi connectivity index (χ3n) is 9.31. The molecule has 0 radical (unpaired) electrons. The predicted molar refractivity (Wildman–Crippen MR) is 181 cm³/mol. The molecule has 0 spiro atoms. The molecule has 0 bridgehead atoms. The number of hydrogen-bond acceptors (Lipinski definition) is 5. The molecule has 8 heteroatoms. The lowest BCUT2D eigenvalue weighted by Crippen LogP contribution is -2.50. The molecule has 2 N–H and O–H groups in total. The van der Waals surface area contributed by atoms with Crippen LogP contribution in [0.15, 0.2) is 61.3 Å². The zero-order valence-corrected chi connectivity index (χ0v) is 26.7. The fourth-order valence-corrected chi connectivity index (χ4v) is 6.45.